The molecule has 2 heteroatoms. The summed E-state index contributed by atoms with van der Waals surface area (Å²) in [5, 5.41) is 0. The predicted octanol–water partition coefficient (Wildman–Crippen LogP) is 3.70. The molecule has 0 aliphatic carbocycles. The summed E-state index contributed by atoms with van der Waals surface area (Å²) in [7, 11) is 0. The van der Waals surface area contributed by atoms with Crippen LogP contribution < -0.4 is 4.74 Å². The lowest BCUT2D eigenvalue weighted by Gasteiger charge is -2.11. The van der Waals surface area contributed by atoms with E-state index in [0.29, 0.717) is 6.61 Å². The molecule has 0 radical (unpaired) electrons. The average molecular weight is 220 g/mol. The highest BCUT2D eigenvalue weighted by Crippen LogP contribution is 2.19. The molecule has 0 spiro atoms. The van der Waals surface area contributed by atoms with E-state index in [0.717, 1.165) is 24.2 Å². The molecule has 0 fully saturated rings. The second-order valence-corrected chi connectivity index (χ2v) is 3.84. The Labute approximate surface area is 97.6 Å². The van der Waals surface area contributed by atoms with Gasteiger partial charge in [0.05, 0.1) is 6.61 Å². The topological polar surface area (TPSA) is 26.3 Å². The number of benzene rings is 1. The largest absolute Gasteiger partial charge is 0.494 e. The van der Waals surface area contributed by atoms with Gasteiger partial charge in [-0.1, -0.05) is 26.0 Å². The highest BCUT2D eigenvalue weighted by Gasteiger charge is 2.16. The van der Waals surface area contributed by atoms with E-state index in [2.05, 4.69) is 13.8 Å². The highest BCUT2D eigenvalue weighted by atomic mass is 16.5. The molecule has 0 aliphatic rings. The van der Waals surface area contributed by atoms with Crippen molar-refractivity contribution in [1.82, 2.24) is 0 Å². The van der Waals surface area contributed by atoms with Crippen LogP contribution in [0.5, 0.6) is 5.75 Å². The maximum Gasteiger partial charge on any atom is 0.166 e. The summed E-state index contributed by atoms with van der Waals surface area (Å²) < 4.78 is 5.39. The van der Waals surface area contributed by atoms with Crippen LogP contribution in [0.4, 0.5) is 0 Å². The van der Waals surface area contributed by atoms with E-state index < -0.39 is 0 Å². The number of carbonyl (C=O) groups excluding carboxylic acids is 1. The smallest absolute Gasteiger partial charge is 0.166 e. The average Bonchev–Trinajstić information content (AvgIpc) is 2.31. The van der Waals surface area contributed by atoms with Crippen molar-refractivity contribution >= 4 is 5.78 Å². The zero-order chi connectivity index (χ0) is 12.0. The lowest BCUT2D eigenvalue weighted by atomic mass is 9.93. The molecule has 1 aromatic rings. The molecule has 16 heavy (non-hydrogen) atoms. The van der Waals surface area contributed by atoms with E-state index in [1.807, 2.05) is 31.2 Å². The van der Waals surface area contributed by atoms with Gasteiger partial charge in [0, 0.05) is 11.5 Å². The Bertz CT molecular complexity index is 340. The van der Waals surface area contributed by atoms with Crippen molar-refractivity contribution in [3.8, 4) is 5.75 Å². The second-order valence-electron chi connectivity index (χ2n) is 3.84. The van der Waals surface area contributed by atoms with Crippen molar-refractivity contribution in [3.05, 3.63) is 29.8 Å². The number of ether oxygens (including phenoxy) is 1. The zero-order valence-electron chi connectivity index (χ0n) is 10.3. The van der Waals surface area contributed by atoms with Crippen molar-refractivity contribution in [2.45, 2.75) is 33.6 Å². The Morgan fingerprint density at radius 1 is 1.25 bits per heavy atom. The third-order valence-corrected chi connectivity index (χ3v) is 2.79. The summed E-state index contributed by atoms with van der Waals surface area (Å²) in [4.78, 5) is 12.1. The molecule has 1 rings (SSSR count). The van der Waals surface area contributed by atoms with E-state index >= 15 is 0 Å². The first-order valence-corrected chi connectivity index (χ1v) is 5.99. The van der Waals surface area contributed by atoms with Gasteiger partial charge in [-0.3, -0.25) is 4.79 Å². The van der Waals surface area contributed by atoms with Crippen molar-refractivity contribution in [2.75, 3.05) is 6.61 Å². The van der Waals surface area contributed by atoms with Crippen molar-refractivity contribution in [3.63, 3.8) is 0 Å². The highest BCUT2D eigenvalue weighted by molar-refractivity contribution is 5.98. The third-order valence-electron chi connectivity index (χ3n) is 2.79. The van der Waals surface area contributed by atoms with Crippen molar-refractivity contribution in [1.29, 1.82) is 0 Å². The van der Waals surface area contributed by atoms with Crippen LogP contribution in [-0.4, -0.2) is 12.4 Å². The quantitative estimate of drug-likeness (QED) is 0.683. The normalized spacial score (nSPS) is 10.5. The molecule has 0 aromatic heterocycles. The standard InChI is InChI=1S/C14H20O2/c1-4-11(5-2)14(15)12-8-7-9-13(10-12)16-6-3/h7-11H,4-6H2,1-3H3. The van der Waals surface area contributed by atoms with Crippen LogP contribution in [0.1, 0.15) is 44.0 Å². The Morgan fingerprint density at radius 2 is 1.94 bits per heavy atom. The van der Waals surface area contributed by atoms with E-state index in [1.54, 1.807) is 0 Å². The Balaban J connectivity index is 2.86. The SMILES string of the molecule is CCOc1cccc(C(=O)C(CC)CC)c1. The molecule has 1 aromatic carbocycles. The van der Waals surface area contributed by atoms with Gasteiger partial charge in [0.25, 0.3) is 0 Å². The molecule has 0 N–H and O–H groups in total. The molecule has 88 valence electrons. The minimum Gasteiger partial charge on any atom is -0.494 e. The molecule has 0 heterocycles. The number of Topliss-reactive ketones (excluding diaryl/α,β-unsaturated/α-hetero) is 1. The summed E-state index contributed by atoms with van der Waals surface area (Å²) in [6.45, 7) is 6.68. The minimum absolute atomic E-state index is 0.136. The van der Waals surface area contributed by atoms with E-state index in [9.17, 15) is 4.79 Å². The zero-order valence-corrected chi connectivity index (χ0v) is 10.3. The van der Waals surface area contributed by atoms with E-state index in [4.69, 9.17) is 4.74 Å². The molecule has 0 bridgehead atoms. The maximum atomic E-state index is 12.1. The minimum atomic E-state index is 0.136. The van der Waals surface area contributed by atoms with Gasteiger partial charge >= 0.3 is 0 Å². The van der Waals surface area contributed by atoms with Gasteiger partial charge in [-0.25, -0.2) is 0 Å². The summed E-state index contributed by atoms with van der Waals surface area (Å²) in [5.41, 5.74) is 0.764. The van der Waals surface area contributed by atoms with Crippen LogP contribution in [0.15, 0.2) is 24.3 Å². The first kappa shape index (κ1) is 12.8. The van der Waals surface area contributed by atoms with Gasteiger partial charge < -0.3 is 4.74 Å². The molecular formula is C14H20O2. The van der Waals surface area contributed by atoms with Gasteiger partial charge in [0.15, 0.2) is 5.78 Å². The lowest BCUT2D eigenvalue weighted by Crippen LogP contribution is -2.13. The number of hydrogen-bond donors (Lipinski definition) is 0. The van der Waals surface area contributed by atoms with Gasteiger partial charge in [-0.05, 0) is 31.9 Å². The summed E-state index contributed by atoms with van der Waals surface area (Å²) in [6.07, 6.45) is 1.79. The fourth-order valence-electron chi connectivity index (χ4n) is 1.80. The summed E-state index contributed by atoms with van der Waals surface area (Å²) in [6, 6.07) is 7.46. The summed E-state index contributed by atoms with van der Waals surface area (Å²) in [5.74, 6) is 1.14. The Kier molecular flexibility index (Phi) is 5.03. The molecule has 0 saturated heterocycles. The van der Waals surface area contributed by atoms with Crippen molar-refractivity contribution < 1.29 is 9.53 Å². The first-order chi connectivity index (χ1) is 7.72. The van der Waals surface area contributed by atoms with Crippen LogP contribution in [-0.2, 0) is 0 Å². The Morgan fingerprint density at radius 3 is 2.50 bits per heavy atom. The molecule has 0 unspecified atom stereocenters. The van der Waals surface area contributed by atoms with Crippen LogP contribution in [0.2, 0.25) is 0 Å². The monoisotopic (exact) mass is 220 g/mol. The number of rotatable bonds is 6. The maximum absolute atomic E-state index is 12.1. The van der Waals surface area contributed by atoms with Gasteiger partial charge in [0.2, 0.25) is 0 Å². The first-order valence-electron chi connectivity index (χ1n) is 5.99. The van der Waals surface area contributed by atoms with E-state index in [1.165, 1.54) is 0 Å². The van der Waals surface area contributed by atoms with Gasteiger partial charge in [-0.15, -0.1) is 0 Å². The fraction of sp³-hybridized carbons (Fsp3) is 0.500. The third kappa shape index (κ3) is 3.09. The Hall–Kier alpha value is -1.31. The molecule has 0 atom stereocenters. The van der Waals surface area contributed by atoms with Crippen LogP contribution in [0.3, 0.4) is 0 Å². The van der Waals surface area contributed by atoms with Crippen LogP contribution >= 0.6 is 0 Å². The number of carbonyl (C=O) groups is 1. The van der Waals surface area contributed by atoms with Crippen molar-refractivity contribution in [2.24, 2.45) is 5.92 Å². The number of ketones is 1. The summed E-state index contributed by atoms with van der Waals surface area (Å²) >= 11 is 0. The van der Waals surface area contributed by atoms with Crippen LogP contribution in [0, 0.1) is 5.92 Å². The molecule has 2 nitrogen and oxygen atoms in total. The molecule has 0 aliphatic heterocycles. The van der Waals surface area contributed by atoms with Gasteiger partial charge in [0.1, 0.15) is 5.75 Å². The molecule has 0 saturated carbocycles. The lowest BCUT2D eigenvalue weighted by molar-refractivity contribution is 0.0913. The second kappa shape index (κ2) is 6.31. The van der Waals surface area contributed by atoms with Crippen LogP contribution in [0.25, 0.3) is 0 Å². The molecular weight excluding hydrogens is 200 g/mol. The fourth-order valence-corrected chi connectivity index (χ4v) is 1.80. The molecule has 0 amide bonds. The van der Waals surface area contributed by atoms with E-state index in [-0.39, 0.29) is 11.7 Å². The predicted molar refractivity (Wildman–Crippen MR) is 66.0 cm³/mol. The number of hydrogen-bond acceptors (Lipinski definition) is 2. The van der Waals surface area contributed by atoms with Gasteiger partial charge in [-0.2, -0.15) is 0 Å².